The van der Waals surface area contributed by atoms with Gasteiger partial charge in [0, 0.05) is 23.7 Å². The van der Waals surface area contributed by atoms with E-state index in [-0.39, 0.29) is 29.7 Å². The Labute approximate surface area is 211 Å². The zero-order valence-corrected chi connectivity index (χ0v) is 20.4. The summed E-state index contributed by atoms with van der Waals surface area (Å²) in [7, 11) is 1.23. The number of carbonyl (C=O) groups excluding carboxylic acids is 3. The van der Waals surface area contributed by atoms with Crippen molar-refractivity contribution >= 4 is 59.2 Å². The number of thioether (sulfide) groups is 2. The topological polar surface area (TPSA) is 218 Å². The van der Waals surface area contributed by atoms with Crippen LogP contribution in [0.1, 0.15) is 12.7 Å². The minimum Gasteiger partial charge on any atom is -0.481 e. The van der Waals surface area contributed by atoms with Gasteiger partial charge in [-0.15, -0.1) is 16.9 Å². The molecule has 2 saturated heterocycles. The maximum Gasteiger partial charge on any atom is 0.313 e. The molecule has 0 aromatic carbocycles. The van der Waals surface area contributed by atoms with Crippen molar-refractivity contribution in [1.82, 2.24) is 40.8 Å². The van der Waals surface area contributed by atoms with Crippen LogP contribution < -0.4 is 10.6 Å². The normalized spacial score (nSPS) is 24.2. The van der Waals surface area contributed by atoms with E-state index in [4.69, 9.17) is 4.84 Å². The lowest BCUT2D eigenvalue weighted by molar-refractivity contribution is -0.158. The molecule has 190 valence electrons. The number of anilines is 1. The van der Waals surface area contributed by atoms with E-state index in [0.29, 0.717) is 11.6 Å². The first-order chi connectivity index (χ1) is 17.3. The minimum absolute atomic E-state index is 0.0392. The van der Waals surface area contributed by atoms with E-state index in [9.17, 15) is 24.3 Å². The number of H-pyrrole nitrogens is 1. The van der Waals surface area contributed by atoms with E-state index in [2.05, 4.69) is 46.4 Å². The van der Waals surface area contributed by atoms with Crippen molar-refractivity contribution in [2.75, 3.05) is 24.7 Å². The Morgan fingerprint density at radius 1 is 1.50 bits per heavy atom. The van der Waals surface area contributed by atoms with Gasteiger partial charge >= 0.3 is 5.97 Å². The molecule has 0 aliphatic carbocycles. The number of tetrazole rings is 1. The molecule has 18 heteroatoms. The Morgan fingerprint density at radius 2 is 2.31 bits per heavy atom. The number of nitrogens with one attached hydrogen (secondary N) is 3. The van der Waals surface area contributed by atoms with Crippen LogP contribution in [0.3, 0.4) is 0 Å². The van der Waals surface area contributed by atoms with Gasteiger partial charge < -0.3 is 25.5 Å². The van der Waals surface area contributed by atoms with Crippen LogP contribution in [0, 0.1) is 5.41 Å². The zero-order valence-electron chi connectivity index (χ0n) is 18.8. The van der Waals surface area contributed by atoms with Gasteiger partial charge in [0.2, 0.25) is 23.2 Å². The minimum atomic E-state index is -1.26. The smallest absolute Gasteiger partial charge is 0.313 e. The molecule has 0 bridgehead atoms. The van der Waals surface area contributed by atoms with E-state index in [1.165, 1.54) is 47.8 Å². The van der Waals surface area contributed by atoms with Crippen LogP contribution in [-0.4, -0.2) is 107 Å². The summed E-state index contributed by atoms with van der Waals surface area (Å²) in [6.45, 7) is 1.70. The standard InChI is InChI=1S/C18H20N10O6S2/c1-8(36-17-23-26-27-24-17)18(16(32)33)5-28-14(31)11(15(28)35-6-18)22-13(30)10(25-34-2)12-19-4-3-9(21-12)20-7-29/h3-4,7-8,11,15H,5-6H2,1-2H3,(H,22,30)(H,32,33)(H,19,20,21,29)(H,23,24,26,27)/t8?,11?,15-,18?/m1/s1. The first-order valence-electron chi connectivity index (χ1n) is 10.3. The van der Waals surface area contributed by atoms with Gasteiger partial charge in [-0.25, -0.2) is 15.1 Å². The molecule has 16 nitrogen and oxygen atoms in total. The van der Waals surface area contributed by atoms with Gasteiger partial charge in [-0.2, -0.15) is 0 Å². The first-order valence-corrected chi connectivity index (χ1v) is 12.2. The zero-order chi connectivity index (χ0) is 25.9. The number of carbonyl (C=O) groups is 4. The summed E-state index contributed by atoms with van der Waals surface area (Å²) in [6, 6.07) is 0.508. The number of nitrogens with zero attached hydrogens (tertiary/aromatic N) is 7. The molecule has 2 aliphatic heterocycles. The number of hydrogen-bond acceptors (Lipinski definition) is 13. The number of hydrogen-bond donors (Lipinski definition) is 4. The molecule has 2 aromatic heterocycles. The van der Waals surface area contributed by atoms with Crippen molar-refractivity contribution < 1.29 is 29.1 Å². The van der Waals surface area contributed by atoms with E-state index in [1.807, 2.05) is 0 Å². The number of β-lactam (4-membered cyclic amide) rings is 1. The monoisotopic (exact) mass is 536 g/mol. The highest BCUT2D eigenvalue weighted by molar-refractivity contribution is 8.01. The van der Waals surface area contributed by atoms with E-state index < -0.39 is 39.9 Å². The lowest BCUT2D eigenvalue weighted by Crippen LogP contribution is -2.74. The molecular weight excluding hydrogens is 516 g/mol. The Balaban J connectivity index is 1.46. The van der Waals surface area contributed by atoms with Gasteiger partial charge in [-0.05, 0) is 16.5 Å². The summed E-state index contributed by atoms with van der Waals surface area (Å²) in [5, 5.41) is 31.5. The maximum absolute atomic E-state index is 13.0. The van der Waals surface area contributed by atoms with Crippen LogP contribution >= 0.6 is 23.5 Å². The Kier molecular flexibility index (Phi) is 7.34. The number of amides is 3. The fraction of sp³-hybridized carbons (Fsp3) is 0.444. The van der Waals surface area contributed by atoms with Gasteiger partial charge in [0.1, 0.15) is 29.8 Å². The Morgan fingerprint density at radius 3 is 2.97 bits per heavy atom. The predicted molar refractivity (Wildman–Crippen MR) is 125 cm³/mol. The van der Waals surface area contributed by atoms with Gasteiger partial charge in [0.15, 0.2) is 5.82 Å². The molecule has 36 heavy (non-hydrogen) atoms. The SMILES string of the molecule is CON=C(C(=O)NC1C(=O)N2CC(C(=O)O)(C(C)Sc3nnn[nH]3)CS[C@H]12)c1nccc(NC=O)n1. The van der Waals surface area contributed by atoms with Crippen LogP contribution in [0.2, 0.25) is 0 Å². The number of aromatic nitrogens is 6. The lowest BCUT2D eigenvalue weighted by Gasteiger charge is -2.54. The highest BCUT2D eigenvalue weighted by atomic mass is 32.2. The lowest BCUT2D eigenvalue weighted by atomic mass is 9.84. The summed E-state index contributed by atoms with van der Waals surface area (Å²) in [6.07, 6.45) is 1.74. The molecule has 4 N–H and O–H groups in total. The largest absolute Gasteiger partial charge is 0.481 e. The summed E-state index contributed by atoms with van der Waals surface area (Å²) >= 11 is 2.43. The second-order valence-corrected chi connectivity index (χ2v) is 10.1. The molecule has 0 spiro atoms. The highest BCUT2D eigenvalue weighted by Crippen LogP contribution is 2.47. The maximum atomic E-state index is 13.0. The third-order valence-electron chi connectivity index (χ3n) is 5.68. The van der Waals surface area contributed by atoms with Crippen molar-refractivity contribution in [3.05, 3.63) is 18.1 Å². The van der Waals surface area contributed by atoms with Crippen molar-refractivity contribution in [1.29, 1.82) is 0 Å². The van der Waals surface area contributed by atoms with Crippen molar-refractivity contribution in [2.24, 2.45) is 10.6 Å². The van der Waals surface area contributed by atoms with Gasteiger partial charge in [-0.1, -0.05) is 23.8 Å². The highest BCUT2D eigenvalue weighted by Gasteiger charge is 2.59. The molecule has 4 heterocycles. The van der Waals surface area contributed by atoms with Crippen molar-refractivity contribution in [3.63, 3.8) is 0 Å². The van der Waals surface area contributed by atoms with Gasteiger partial charge in [-0.3, -0.25) is 19.2 Å². The van der Waals surface area contributed by atoms with Crippen LogP contribution in [0.5, 0.6) is 0 Å². The molecule has 0 saturated carbocycles. The molecule has 3 unspecified atom stereocenters. The third kappa shape index (κ3) is 4.68. The molecule has 2 aliphatic rings. The summed E-state index contributed by atoms with van der Waals surface area (Å²) < 4.78 is 0. The Bertz CT molecular complexity index is 1200. The van der Waals surface area contributed by atoms with E-state index in [1.54, 1.807) is 6.92 Å². The second-order valence-electron chi connectivity index (χ2n) is 7.70. The van der Waals surface area contributed by atoms with Crippen LogP contribution in [0.25, 0.3) is 0 Å². The first kappa shape index (κ1) is 25.3. The average molecular weight is 537 g/mol. The predicted octanol–water partition coefficient (Wildman–Crippen LogP) is -1.44. The molecule has 3 amide bonds. The summed E-state index contributed by atoms with van der Waals surface area (Å²) in [5.74, 6) is -2.04. The van der Waals surface area contributed by atoms with E-state index in [0.717, 1.165) is 0 Å². The van der Waals surface area contributed by atoms with Gasteiger partial charge in [0.05, 0.1) is 0 Å². The van der Waals surface area contributed by atoms with E-state index >= 15 is 0 Å². The fourth-order valence-electron chi connectivity index (χ4n) is 3.72. The van der Waals surface area contributed by atoms with Crippen LogP contribution in [0.15, 0.2) is 22.6 Å². The molecule has 4 atom stereocenters. The quantitative estimate of drug-likeness (QED) is 0.0900. The molecule has 0 radical (unpaired) electrons. The molecule has 2 aromatic rings. The second kappa shape index (κ2) is 10.4. The number of carboxylic acids is 1. The van der Waals surface area contributed by atoms with Crippen LogP contribution in [-0.2, 0) is 24.0 Å². The number of aliphatic carboxylic acids is 1. The number of aromatic amines is 1. The fourth-order valence-corrected chi connectivity index (χ4v) is 6.49. The van der Waals surface area contributed by atoms with Gasteiger partial charge in [0.25, 0.3) is 5.91 Å². The Hall–Kier alpha value is -3.80. The third-order valence-corrected chi connectivity index (χ3v) is 8.43. The van der Waals surface area contributed by atoms with Crippen molar-refractivity contribution in [3.8, 4) is 0 Å². The summed E-state index contributed by atoms with van der Waals surface area (Å²) in [5.41, 5.74) is -1.56. The number of rotatable bonds is 10. The van der Waals surface area contributed by atoms with Crippen LogP contribution in [0.4, 0.5) is 5.82 Å². The molecule has 2 fully saturated rings. The number of oxime groups is 1. The molecular formula is C18H20N10O6S2. The summed E-state index contributed by atoms with van der Waals surface area (Å²) in [4.78, 5) is 63.1. The average Bonchev–Trinajstić information content (AvgIpc) is 3.38. The number of carboxylic acid groups (broad SMARTS) is 1. The number of fused-ring (bicyclic) bond motifs is 1. The molecule has 4 rings (SSSR count). The van der Waals surface area contributed by atoms with Crippen molar-refractivity contribution in [2.45, 2.75) is 28.7 Å².